The summed E-state index contributed by atoms with van der Waals surface area (Å²) in [5.41, 5.74) is 2.13. The fraction of sp³-hybridized carbons (Fsp3) is 0.217. The largest absolute Gasteiger partial charge is 0.354 e. The summed E-state index contributed by atoms with van der Waals surface area (Å²) < 4.78 is 1.73. The zero-order valence-corrected chi connectivity index (χ0v) is 17.6. The monoisotopic (exact) mass is 429 g/mol. The van der Waals surface area contributed by atoms with E-state index in [9.17, 15) is 9.59 Å². The number of aromatic amines is 1. The molecule has 5 rings (SSSR count). The van der Waals surface area contributed by atoms with E-state index in [0.717, 1.165) is 48.5 Å². The first-order chi connectivity index (χ1) is 15.6. The van der Waals surface area contributed by atoms with E-state index in [4.69, 9.17) is 0 Å². The molecule has 1 aliphatic heterocycles. The topological polar surface area (TPSA) is 108 Å². The Labute approximate surface area is 184 Å². The van der Waals surface area contributed by atoms with Gasteiger partial charge in [0.1, 0.15) is 11.6 Å². The normalized spacial score (nSPS) is 14.0. The third-order valence-electron chi connectivity index (χ3n) is 5.58. The number of hydrogen-bond acceptors (Lipinski definition) is 6. The average Bonchev–Trinajstić information content (AvgIpc) is 3.26. The van der Waals surface area contributed by atoms with Crippen LogP contribution in [0.15, 0.2) is 59.8 Å². The first kappa shape index (κ1) is 20.0. The van der Waals surface area contributed by atoms with Crippen molar-refractivity contribution in [2.24, 2.45) is 7.05 Å². The molecule has 32 heavy (non-hydrogen) atoms. The minimum absolute atomic E-state index is 0.258. The van der Waals surface area contributed by atoms with Gasteiger partial charge in [-0.1, -0.05) is 6.07 Å². The minimum atomic E-state index is -0.304. The lowest BCUT2D eigenvalue weighted by Gasteiger charge is -2.28. The SMILES string of the molecule is Cn1cc(-c2ccc3c(=O)[nH]c(NC(=O)c4ccnc(N5CCNCC5)c4)cc3c2)cn1. The second kappa shape index (κ2) is 8.27. The van der Waals surface area contributed by atoms with Crippen molar-refractivity contribution < 1.29 is 4.79 Å². The standard InChI is InChI=1S/C23H23N7O2/c1-29-14-18(13-26-29)15-2-3-19-17(10-15)11-20(28-23(19)32)27-22(31)16-4-5-25-21(12-16)30-8-6-24-7-9-30/h2-5,10-14,24H,6-9H2,1H3,(H2,27,28,31,32). The summed E-state index contributed by atoms with van der Waals surface area (Å²) in [6.45, 7) is 3.46. The Morgan fingerprint density at radius 1 is 1.09 bits per heavy atom. The number of aromatic nitrogens is 4. The maximum absolute atomic E-state index is 12.9. The minimum Gasteiger partial charge on any atom is -0.354 e. The number of nitrogens with one attached hydrogen (secondary N) is 3. The van der Waals surface area contributed by atoms with Crippen LogP contribution in [0, 0.1) is 0 Å². The van der Waals surface area contributed by atoms with Crippen molar-refractivity contribution in [1.29, 1.82) is 0 Å². The van der Waals surface area contributed by atoms with E-state index in [0.29, 0.717) is 16.8 Å². The van der Waals surface area contributed by atoms with Crippen LogP contribution >= 0.6 is 0 Å². The smallest absolute Gasteiger partial charge is 0.257 e. The number of carbonyl (C=O) groups is 1. The molecular weight excluding hydrogens is 406 g/mol. The number of anilines is 2. The predicted octanol–water partition coefficient (Wildman–Crippen LogP) is 1.99. The van der Waals surface area contributed by atoms with Crippen molar-refractivity contribution in [3.63, 3.8) is 0 Å². The number of benzene rings is 1. The molecule has 1 aromatic carbocycles. The zero-order chi connectivity index (χ0) is 22.1. The van der Waals surface area contributed by atoms with Crippen LogP contribution in [0.5, 0.6) is 0 Å². The van der Waals surface area contributed by atoms with Crippen LogP contribution in [0.1, 0.15) is 10.4 Å². The Hall–Kier alpha value is -3.98. The quantitative estimate of drug-likeness (QED) is 0.458. The second-order valence-electron chi connectivity index (χ2n) is 7.81. The number of piperazine rings is 1. The number of fused-ring (bicyclic) bond motifs is 1. The first-order valence-electron chi connectivity index (χ1n) is 10.5. The van der Waals surface area contributed by atoms with Gasteiger partial charge >= 0.3 is 0 Å². The number of hydrogen-bond donors (Lipinski definition) is 3. The Bertz CT molecular complexity index is 1350. The molecule has 0 saturated carbocycles. The number of pyridine rings is 2. The van der Waals surface area contributed by atoms with Gasteiger partial charge in [0.2, 0.25) is 0 Å². The van der Waals surface area contributed by atoms with Gasteiger partial charge in [0.15, 0.2) is 0 Å². The third kappa shape index (κ3) is 3.97. The summed E-state index contributed by atoms with van der Waals surface area (Å²) in [5, 5.41) is 11.6. The molecule has 0 radical (unpaired) electrons. The van der Waals surface area contributed by atoms with Crippen LogP contribution in [0.25, 0.3) is 21.9 Å². The van der Waals surface area contributed by atoms with Crippen molar-refractivity contribution in [2.45, 2.75) is 0 Å². The van der Waals surface area contributed by atoms with E-state index in [1.165, 1.54) is 0 Å². The molecule has 3 N–H and O–H groups in total. The molecule has 1 saturated heterocycles. The van der Waals surface area contributed by atoms with Gasteiger partial charge in [-0.2, -0.15) is 5.10 Å². The van der Waals surface area contributed by atoms with Crippen LogP contribution in [-0.4, -0.2) is 51.8 Å². The lowest BCUT2D eigenvalue weighted by molar-refractivity contribution is 0.102. The molecule has 162 valence electrons. The Balaban J connectivity index is 1.42. The van der Waals surface area contributed by atoms with Crippen molar-refractivity contribution in [1.82, 2.24) is 25.1 Å². The van der Waals surface area contributed by atoms with Crippen LogP contribution < -0.4 is 21.1 Å². The highest BCUT2D eigenvalue weighted by molar-refractivity contribution is 6.05. The highest BCUT2D eigenvalue weighted by Crippen LogP contribution is 2.24. The first-order valence-corrected chi connectivity index (χ1v) is 10.5. The molecule has 4 heterocycles. The van der Waals surface area contributed by atoms with E-state index in [-0.39, 0.29) is 11.5 Å². The van der Waals surface area contributed by atoms with Crippen LogP contribution in [0.3, 0.4) is 0 Å². The molecule has 1 aliphatic rings. The molecule has 4 aromatic rings. The summed E-state index contributed by atoms with van der Waals surface area (Å²) in [5.74, 6) is 0.811. The molecule has 0 atom stereocenters. The van der Waals surface area contributed by atoms with E-state index in [1.807, 2.05) is 25.4 Å². The third-order valence-corrected chi connectivity index (χ3v) is 5.58. The summed E-state index contributed by atoms with van der Waals surface area (Å²) >= 11 is 0. The molecule has 0 unspecified atom stereocenters. The fourth-order valence-corrected chi connectivity index (χ4v) is 3.91. The van der Waals surface area contributed by atoms with Crippen molar-refractivity contribution in [3.8, 4) is 11.1 Å². The maximum atomic E-state index is 12.9. The number of aryl methyl sites for hydroxylation is 1. The van der Waals surface area contributed by atoms with Crippen molar-refractivity contribution in [2.75, 3.05) is 36.4 Å². The number of rotatable bonds is 4. The van der Waals surface area contributed by atoms with Gasteiger partial charge in [0.25, 0.3) is 11.5 Å². The Morgan fingerprint density at radius 3 is 2.72 bits per heavy atom. The summed E-state index contributed by atoms with van der Waals surface area (Å²) in [6, 6.07) is 10.8. The van der Waals surface area contributed by atoms with Gasteiger partial charge in [-0.15, -0.1) is 0 Å². The molecular formula is C23H23N7O2. The van der Waals surface area contributed by atoms with E-state index < -0.39 is 0 Å². The fourth-order valence-electron chi connectivity index (χ4n) is 3.91. The molecule has 3 aromatic heterocycles. The highest BCUT2D eigenvalue weighted by Gasteiger charge is 2.15. The van der Waals surface area contributed by atoms with Gasteiger partial charge in [0, 0.05) is 62.1 Å². The summed E-state index contributed by atoms with van der Waals surface area (Å²) in [4.78, 5) is 34.8. The highest BCUT2D eigenvalue weighted by atomic mass is 16.2. The number of amides is 1. The van der Waals surface area contributed by atoms with Crippen LogP contribution in [-0.2, 0) is 7.05 Å². The van der Waals surface area contributed by atoms with Gasteiger partial charge in [-0.05, 0) is 41.3 Å². The number of H-pyrrole nitrogens is 1. The van der Waals surface area contributed by atoms with Crippen LogP contribution in [0.4, 0.5) is 11.6 Å². The van der Waals surface area contributed by atoms with E-state index in [2.05, 4.69) is 30.6 Å². The predicted molar refractivity (Wildman–Crippen MR) is 124 cm³/mol. The molecule has 1 fully saturated rings. The van der Waals surface area contributed by atoms with Gasteiger partial charge < -0.3 is 20.5 Å². The molecule has 9 nitrogen and oxygen atoms in total. The summed E-state index contributed by atoms with van der Waals surface area (Å²) in [6.07, 6.45) is 5.32. The number of carbonyl (C=O) groups excluding carboxylic acids is 1. The molecule has 0 bridgehead atoms. The molecule has 0 aliphatic carbocycles. The van der Waals surface area contributed by atoms with Crippen LogP contribution in [0.2, 0.25) is 0 Å². The Kier molecular flexibility index (Phi) is 5.16. The second-order valence-corrected chi connectivity index (χ2v) is 7.81. The van der Waals surface area contributed by atoms with Gasteiger partial charge in [0.05, 0.1) is 6.20 Å². The number of nitrogens with zero attached hydrogens (tertiary/aromatic N) is 4. The van der Waals surface area contributed by atoms with E-state index in [1.54, 1.807) is 41.3 Å². The lowest BCUT2D eigenvalue weighted by atomic mass is 10.0. The maximum Gasteiger partial charge on any atom is 0.257 e. The average molecular weight is 429 g/mol. The zero-order valence-electron chi connectivity index (χ0n) is 17.6. The molecule has 1 amide bonds. The van der Waals surface area contributed by atoms with E-state index >= 15 is 0 Å². The van der Waals surface area contributed by atoms with Gasteiger partial charge in [-0.25, -0.2) is 4.98 Å². The Morgan fingerprint density at radius 2 is 1.94 bits per heavy atom. The lowest BCUT2D eigenvalue weighted by Crippen LogP contribution is -2.43. The molecule has 9 heteroatoms. The van der Waals surface area contributed by atoms with Crippen molar-refractivity contribution >= 4 is 28.3 Å². The molecule has 0 spiro atoms. The van der Waals surface area contributed by atoms with Gasteiger partial charge in [-0.3, -0.25) is 14.3 Å². The summed E-state index contributed by atoms with van der Waals surface area (Å²) in [7, 11) is 1.86. The van der Waals surface area contributed by atoms with Crippen molar-refractivity contribution in [3.05, 3.63) is 70.9 Å².